The molecule has 0 aliphatic heterocycles. The Morgan fingerprint density at radius 2 is 2.08 bits per heavy atom. The lowest BCUT2D eigenvalue weighted by molar-refractivity contribution is 0.108. The van der Waals surface area contributed by atoms with Gasteiger partial charge in [-0.15, -0.1) is 0 Å². The summed E-state index contributed by atoms with van der Waals surface area (Å²) in [5, 5.41) is -0.815. The van der Waals surface area contributed by atoms with Crippen molar-refractivity contribution in [1.82, 2.24) is 0 Å². The van der Waals surface area contributed by atoms with Crippen LogP contribution in [0.15, 0.2) is 16.6 Å². The second-order valence-corrected chi connectivity index (χ2v) is 3.51. The molecule has 0 unspecified atom stereocenters. The van der Waals surface area contributed by atoms with Crippen LogP contribution in [0.25, 0.3) is 0 Å². The molecule has 0 saturated carbocycles. The van der Waals surface area contributed by atoms with Crippen LogP contribution in [0, 0.1) is 5.82 Å². The second-order valence-electron chi connectivity index (χ2n) is 2.00. The minimum Gasteiger partial charge on any atom is -0.276 e. The van der Waals surface area contributed by atoms with E-state index in [9.17, 15) is 9.18 Å². The number of benzene rings is 1. The molecule has 12 heavy (non-hydrogen) atoms. The van der Waals surface area contributed by atoms with Crippen molar-refractivity contribution in [3.63, 3.8) is 0 Å². The lowest BCUT2D eigenvalue weighted by Gasteiger charge is -2.01. The Morgan fingerprint density at radius 1 is 1.50 bits per heavy atom. The van der Waals surface area contributed by atoms with Crippen LogP contribution in [0.2, 0.25) is 5.02 Å². The third-order valence-electron chi connectivity index (χ3n) is 1.25. The molecular weight excluding hydrogens is 270 g/mol. The molecule has 0 atom stereocenters. The maximum atomic E-state index is 12.7. The van der Waals surface area contributed by atoms with E-state index in [1.165, 1.54) is 6.07 Å². The Hall–Kier alpha value is -0.120. The second kappa shape index (κ2) is 3.73. The van der Waals surface area contributed by atoms with Crippen LogP contribution < -0.4 is 0 Å². The minimum atomic E-state index is -0.677. The number of rotatable bonds is 1. The molecule has 0 spiro atoms. The first-order valence-corrected chi connectivity index (χ1v) is 4.42. The van der Waals surface area contributed by atoms with Crippen molar-refractivity contribution >= 4 is 44.4 Å². The fourth-order valence-electron chi connectivity index (χ4n) is 0.678. The van der Waals surface area contributed by atoms with Crippen LogP contribution in [-0.2, 0) is 0 Å². The van der Waals surface area contributed by atoms with Crippen LogP contribution in [0.3, 0.4) is 0 Å². The first-order valence-electron chi connectivity index (χ1n) is 2.87. The molecule has 0 aliphatic carbocycles. The third-order valence-corrected chi connectivity index (χ3v) is 2.87. The molecular formula is C7H2BrCl2FO. The topological polar surface area (TPSA) is 17.1 Å². The number of carbonyl (C=O) groups is 1. The van der Waals surface area contributed by atoms with Gasteiger partial charge in [-0.3, -0.25) is 4.79 Å². The van der Waals surface area contributed by atoms with E-state index < -0.39 is 11.1 Å². The molecule has 64 valence electrons. The first kappa shape index (κ1) is 9.96. The standard InChI is InChI=1S/C7H2BrCl2FO/c8-5-3(7(10)12)1-2-4(11)6(5)9/h1-2H. The average Bonchev–Trinajstić information content (AvgIpc) is 2.00. The molecule has 0 saturated heterocycles. The first-order chi connectivity index (χ1) is 5.54. The molecule has 0 aromatic heterocycles. The van der Waals surface area contributed by atoms with Crippen LogP contribution >= 0.6 is 39.1 Å². The van der Waals surface area contributed by atoms with E-state index in [-0.39, 0.29) is 15.1 Å². The normalized spacial score (nSPS) is 10.0. The van der Waals surface area contributed by atoms with Crippen molar-refractivity contribution in [2.45, 2.75) is 0 Å². The van der Waals surface area contributed by atoms with Gasteiger partial charge < -0.3 is 0 Å². The van der Waals surface area contributed by atoms with Crippen molar-refractivity contribution in [2.24, 2.45) is 0 Å². The summed E-state index contributed by atoms with van der Waals surface area (Å²) < 4.78 is 12.9. The number of halogens is 4. The molecule has 0 bridgehead atoms. The van der Waals surface area contributed by atoms with Gasteiger partial charge in [0, 0.05) is 5.56 Å². The van der Waals surface area contributed by atoms with Gasteiger partial charge in [0.25, 0.3) is 5.24 Å². The number of hydrogen-bond acceptors (Lipinski definition) is 1. The Labute approximate surface area is 86.6 Å². The zero-order valence-electron chi connectivity index (χ0n) is 5.57. The van der Waals surface area contributed by atoms with E-state index >= 15 is 0 Å². The van der Waals surface area contributed by atoms with Crippen LogP contribution in [0.5, 0.6) is 0 Å². The highest BCUT2D eigenvalue weighted by Crippen LogP contribution is 2.29. The highest BCUT2D eigenvalue weighted by atomic mass is 79.9. The summed E-state index contributed by atoms with van der Waals surface area (Å²) in [5.74, 6) is -0.592. The Balaban J connectivity index is 3.36. The number of carbonyl (C=O) groups excluding carboxylic acids is 1. The summed E-state index contributed by atoms with van der Waals surface area (Å²) in [6.45, 7) is 0. The van der Waals surface area contributed by atoms with Gasteiger partial charge in [0.05, 0.1) is 9.50 Å². The van der Waals surface area contributed by atoms with Crippen LogP contribution in [-0.4, -0.2) is 5.24 Å². The Morgan fingerprint density at radius 3 is 2.58 bits per heavy atom. The zero-order chi connectivity index (χ0) is 9.30. The van der Waals surface area contributed by atoms with Gasteiger partial charge in [-0.2, -0.15) is 0 Å². The van der Waals surface area contributed by atoms with Gasteiger partial charge in [-0.25, -0.2) is 4.39 Å². The highest BCUT2D eigenvalue weighted by molar-refractivity contribution is 9.10. The predicted octanol–water partition coefficient (Wildman–Crippen LogP) is 3.62. The maximum Gasteiger partial charge on any atom is 0.253 e. The lowest BCUT2D eigenvalue weighted by Crippen LogP contribution is -1.92. The molecule has 5 heteroatoms. The summed E-state index contributed by atoms with van der Waals surface area (Å²) in [5.41, 5.74) is 0.156. The molecule has 1 rings (SSSR count). The summed E-state index contributed by atoms with van der Waals surface area (Å²) >= 11 is 13.6. The fourth-order valence-corrected chi connectivity index (χ4v) is 1.62. The van der Waals surface area contributed by atoms with E-state index in [1.54, 1.807) is 0 Å². The van der Waals surface area contributed by atoms with E-state index in [4.69, 9.17) is 23.2 Å². The van der Waals surface area contributed by atoms with Crippen molar-refractivity contribution < 1.29 is 9.18 Å². The fraction of sp³-hybridized carbons (Fsp3) is 0. The maximum absolute atomic E-state index is 12.7. The highest BCUT2D eigenvalue weighted by Gasteiger charge is 2.13. The molecule has 1 aromatic rings. The average molecular weight is 272 g/mol. The number of hydrogen-bond donors (Lipinski definition) is 0. The van der Waals surface area contributed by atoms with Crippen molar-refractivity contribution in [2.75, 3.05) is 0 Å². The Kier molecular flexibility index (Phi) is 3.09. The quantitative estimate of drug-likeness (QED) is 0.563. The summed E-state index contributed by atoms with van der Waals surface area (Å²) in [6, 6.07) is 2.35. The van der Waals surface area contributed by atoms with Crippen LogP contribution in [0.1, 0.15) is 10.4 Å². The summed E-state index contributed by atoms with van der Waals surface area (Å²) in [6.07, 6.45) is 0. The molecule has 0 radical (unpaired) electrons. The Bertz CT molecular complexity index is 340. The molecule has 0 aliphatic rings. The summed E-state index contributed by atoms with van der Waals surface area (Å²) in [7, 11) is 0. The monoisotopic (exact) mass is 270 g/mol. The molecule has 1 aromatic carbocycles. The lowest BCUT2D eigenvalue weighted by atomic mass is 10.2. The largest absolute Gasteiger partial charge is 0.276 e. The van der Waals surface area contributed by atoms with E-state index in [0.29, 0.717) is 0 Å². The predicted molar refractivity (Wildman–Crippen MR) is 49.3 cm³/mol. The molecule has 0 fully saturated rings. The smallest absolute Gasteiger partial charge is 0.253 e. The van der Waals surface area contributed by atoms with E-state index in [2.05, 4.69) is 15.9 Å². The zero-order valence-corrected chi connectivity index (χ0v) is 8.67. The molecule has 1 nitrogen and oxygen atoms in total. The SMILES string of the molecule is O=C(Cl)c1ccc(F)c(Cl)c1Br. The van der Waals surface area contributed by atoms with Gasteiger partial charge >= 0.3 is 0 Å². The van der Waals surface area contributed by atoms with Crippen LogP contribution in [0.4, 0.5) is 4.39 Å². The van der Waals surface area contributed by atoms with Gasteiger partial charge in [0.15, 0.2) is 0 Å². The minimum absolute atomic E-state index is 0.137. The van der Waals surface area contributed by atoms with Gasteiger partial charge in [-0.05, 0) is 39.7 Å². The van der Waals surface area contributed by atoms with Gasteiger partial charge in [-0.1, -0.05) is 11.6 Å². The van der Waals surface area contributed by atoms with Gasteiger partial charge in [0.1, 0.15) is 5.82 Å². The van der Waals surface area contributed by atoms with Crippen molar-refractivity contribution in [1.29, 1.82) is 0 Å². The van der Waals surface area contributed by atoms with Crippen molar-refractivity contribution in [3.8, 4) is 0 Å². The summed E-state index contributed by atoms with van der Waals surface area (Å²) in [4.78, 5) is 10.7. The molecule has 0 N–H and O–H groups in total. The van der Waals surface area contributed by atoms with E-state index in [1.807, 2.05) is 0 Å². The third kappa shape index (κ3) is 1.79. The molecule has 0 heterocycles. The van der Waals surface area contributed by atoms with Gasteiger partial charge in [0.2, 0.25) is 0 Å². The molecule has 0 amide bonds. The van der Waals surface area contributed by atoms with Crippen molar-refractivity contribution in [3.05, 3.63) is 33.0 Å². The van der Waals surface area contributed by atoms with E-state index in [0.717, 1.165) is 6.07 Å².